The minimum Gasteiger partial charge on any atom is -0.357 e. The van der Waals surface area contributed by atoms with Crippen molar-refractivity contribution < 1.29 is 13.2 Å². The lowest BCUT2D eigenvalue weighted by Crippen LogP contribution is -2.36. The summed E-state index contributed by atoms with van der Waals surface area (Å²) in [5.74, 6) is 0.542. The van der Waals surface area contributed by atoms with E-state index in [-0.39, 0.29) is 30.5 Å². The van der Waals surface area contributed by atoms with Crippen molar-refractivity contribution in [2.75, 3.05) is 6.54 Å². The number of alkyl halides is 3. The van der Waals surface area contributed by atoms with Crippen molar-refractivity contribution in [1.29, 1.82) is 0 Å². The lowest BCUT2D eigenvalue weighted by Gasteiger charge is -2.09. The van der Waals surface area contributed by atoms with Crippen LogP contribution in [-0.2, 0) is 19.3 Å². The number of aliphatic imine (C=N–C) groups is 1. The Balaban J connectivity index is 0.00000288. The number of rotatable bonds is 5. The van der Waals surface area contributed by atoms with Crippen LogP contribution < -0.4 is 10.6 Å². The molecular formula is C13H15BrF3IN4S2. The van der Waals surface area contributed by atoms with Gasteiger partial charge in [0.25, 0.3) is 0 Å². The maximum absolute atomic E-state index is 12.5. The van der Waals surface area contributed by atoms with Gasteiger partial charge in [0, 0.05) is 16.8 Å². The van der Waals surface area contributed by atoms with Gasteiger partial charge >= 0.3 is 6.18 Å². The van der Waals surface area contributed by atoms with Crippen LogP contribution in [0.2, 0.25) is 0 Å². The van der Waals surface area contributed by atoms with Crippen LogP contribution in [0.1, 0.15) is 22.5 Å². The molecule has 2 rings (SSSR count). The summed E-state index contributed by atoms with van der Waals surface area (Å²) in [4.78, 5) is 9.07. The van der Waals surface area contributed by atoms with Crippen molar-refractivity contribution in [1.82, 2.24) is 15.6 Å². The lowest BCUT2D eigenvalue weighted by molar-refractivity contribution is -0.140. The highest BCUT2D eigenvalue weighted by atomic mass is 127. The topological polar surface area (TPSA) is 49.3 Å². The molecule has 0 spiro atoms. The second-order valence-electron chi connectivity index (χ2n) is 4.38. The van der Waals surface area contributed by atoms with E-state index in [4.69, 9.17) is 0 Å². The third-order valence-electron chi connectivity index (χ3n) is 2.62. The Kier molecular flexibility index (Phi) is 8.95. The monoisotopic (exact) mass is 554 g/mol. The second-order valence-corrected chi connectivity index (χ2v) is 7.87. The van der Waals surface area contributed by atoms with E-state index in [1.165, 1.54) is 0 Å². The summed E-state index contributed by atoms with van der Waals surface area (Å²) < 4.78 is 38.6. The van der Waals surface area contributed by atoms with Crippen LogP contribution in [-0.4, -0.2) is 17.5 Å². The van der Waals surface area contributed by atoms with Crippen LogP contribution in [0.15, 0.2) is 26.3 Å². The van der Waals surface area contributed by atoms with E-state index in [2.05, 4.69) is 36.5 Å². The molecular weight excluding hydrogens is 540 g/mol. The van der Waals surface area contributed by atoms with Crippen LogP contribution in [0.3, 0.4) is 0 Å². The molecule has 0 aliphatic rings. The smallest absolute Gasteiger partial charge is 0.357 e. The van der Waals surface area contributed by atoms with Gasteiger partial charge in [0.2, 0.25) is 0 Å². The van der Waals surface area contributed by atoms with Crippen LogP contribution in [0.5, 0.6) is 0 Å². The average Bonchev–Trinajstić information content (AvgIpc) is 3.10. The standard InChI is InChI=1S/C13H14BrF3N4S2.HI/c1-2-18-12(19-5-8-3-4-10(14)23-8)20-6-11-21-9(7-22-11)13(15,16)17;/h3-4,7H,2,5-6H2,1H3,(H2,18,19,20);1H. The molecule has 0 fully saturated rings. The molecule has 2 aromatic heterocycles. The molecule has 11 heteroatoms. The number of aromatic nitrogens is 1. The Morgan fingerprint density at radius 2 is 2.08 bits per heavy atom. The molecule has 0 bridgehead atoms. The second kappa shape index (κ2) is 9.92. The van der Waals surface area contributed by atoms with Crippen molar-refractivity contribution >= 4 is 68.5 Å². The van der Waals surface area contributed by atoms with E-state index >= 15 is 0 Å². The highest BCUT2D eigenvalue weighted by Crippen LogP contribution is 2.29. The molecule has 0 aliphatic carbocycles. The quantitative estimate of drug-likeness (QED) is 0.315. The average molecular weight is 555 g/mol. The normalized spacial score (nSPS) is 12.0. The van der Waals surface area contributed by atoms with Crippen molar-refractivity contribution in [2.45, 2.75) is 26.2 Å². The van der Waals surface area contributed by atoms with Crippen molar-refractivity contribution in [3.8, 4) is 0 Å². The first kappa shape index (κ1) is 21.6. The van der Waals surface area contributed by atoms with Crippen LogP contribution in [0, 0.1) is 0 Å². The Morgan fingerprint density at radius 3 is 2.62 bits per heavy atom. The Labute approximate surface area is 171 Å². The third-order valence-corrected chi connectivity index (χ3v) is 5.07. The summed E-state index contributed by atoms with van der Waals surface area (Å²) in [6, 6.07) is 3.92. The molecule has 0 atom stereocenters. The summed E-state index contributed by atoms with van der Waals surface area (Å²) >= 11 is 5.95. The SMILES string of the molecule is CCNC(=NCc1ccc(Br)s1)NCc1nc(C(F)(F)F)cs1.I. The Hall–Kier alpha value is -0.400. The van der Waals surface area contributed by atoms with Gasteiger partial charge in [-0.15, -0.1) is 46.7 Å². The minimum atomic E-state index is -4.40. The van der Waals surface area contributed by atoms with E-state index in [0.717, 1.165) is 25.4 Å². The summed E-state index contributed by atoms with van der Waals surface area (Å²) in [7, 11) is 0. The molecule has 4 nitrogen and oxygen atoms in total. The molecule has 0 aromatic carbocycles. The van der Waals surface area contributed by atoms with Gasteiger partial charge in [-0.05, 0) is 35.0 Å². The summed E-state index contributed by atoms with van der Waals surface area (Å²) in [5.41, 5.74) is -0.857. The predicted molar refractivity (Wildman–Crippen MR) is 106 cm³/mol. The summed E-state index contributed by atoms with van der Waals surface area (Å²) in [6.45, 7) is 3.27. The van der Waals surface area contributed by atoms with Gasteiger partial charge in [-0.1, -0.05) is 0 Å². The summed E-state index contributed by atoms with van der Waals surface area (Å²) in [5, 5.41) is 7.43. The zero-order valence-corrected chi connectivity index (χ0v) is 18.0. The Morgan fingerprint density at radius 1 is 1.33 bits per heavy atom. The molecule has 2 aromatic rings. The number of thiazole rings is 1. The van der Waals surface area contributed by atoms with E-state index in [9.17, 15) is 13.2 Å². The zero-order valence-electron chi connectivity index (χ0n) is 12.5. The Bertz CT molecular complexity index is 672. The number of thiophene rings is 1. The molecule has 0 saturated heterocycles. The van der Waals surface area contributed by atoms with Gasteiger partial charge in [-0.25, -0.2) is 9.98 Å². The number of hydrogen-bond acceptors (Lipinski definition) is 4. The van der Waals surface area contributed by atoms with E-state index in [1.807, 2.05) is 19.1 Å². The third kappa shape index (κ3) is 6.84. The van der Waals surface area contributed by atoms with Crippen LogP contribution >= 0.6 is 62.6 Å². The van der Waals surface area contributed by atoms with Crippen LogP contribution in [0.25, 0.3) is 0 Å². The summed E-state index contributed by atoms with van der Waals surface area (Å²) in [6.07, 6.45) is -4.40. The van der Waals surface area contributed by atoms with Gasteiger partial charge in [0.1, 0.15) is 5.01 Å². The number of nitrogens with zero attached hydrogens (tertiary/aromatic N) is 2. The molecule has 0 aliphatic heterocycles. The fraction of sp³-hybridized carbons (Fsp3) is 0.385. The molecule has 24 heavy (non-hydrogen) atoms. The maximum atomic E-state index is 12.5. The number of nitrogens with one attached hydrogen (secondary N) is 2. The van der Waals surface area contributed by atoms with Gasteiger partial charge in [-0.2, -0.15) is 13.2 Å². The van der Waals surface area contributed by atoms with Crippen molar-refractivity contribution in [2.24, 2.45) is 4.99 Å². The van der Waals surface area contributed by atoms with E-state index in [0.29, 0.717) is 24.1 Å². The van der Waals surface area contributed by atoms with Gasteiger partial charge in [0.05, 0.1) is 16.9 Å². The fourth-order valence-corrected chi connectivity index (χ4v) is 3.77. The number of guanidine groups is 1. The van der Waals surface area contributed by atoms with Gasteiger partial charge in [0.15, 0.2) is 11.7 Å². The molecule has 2 N–H and O–H groups in total. The van der Waals surface area contributed by atoms with E-state index in [1.54, 1.807) is 11.3 Å². The number of hydrogen-bond donors (Lipinski definition) is 2. The maximum Gasteiger partial charge on any atom is 0.434 e. The highest BCUT2D eigenvalue weighted by Gasteiger charge is 2.33. The minimum absolute atomic E-state index is 0. The largest absolute Gasteiger partial charge is 0.434 e. The first-order valence-corrected chi connectivity index (χ1v) is 9.15. The lowest BCUT2D eigenvalue weighted by atomic mass is 10.5. The number of halogens is 5. The highest BCUT2D eigenvalue weighted by molar-refractivity contribution is 14.0. The first-order chi connectivity index (χ1) is 10.9. The molecule has 0 unspecified atom stereocenters. The fourth-order valence-electron chi connectivity index (χ4n) is 1.62. The predicted octanol–water partition coefficient (Wildman–Crippen LogP) is 4.86. The van der Waals surface area contributed by atoms with Crippen LogP contribution in [0.4, 0.5) is 13.2 Å². The molecule has 0 amide bonds. The van der Waals surface area contributed by atoms with Crippen molar-refractivity contribution in [3.05, 3.63) is 36.9 Å². The van der Waals surface area contributed by atoms with E-state index < -0.39 is 11.9 Å². The first-order valence-electron chi connectivity index (χ1n) is 6.66. The van der Waals surface area contributed by atoms with Gasteiger partial charge < -0.3 is 10.6 Å². The molecule has 134 valence electrons. The zero-order chi connectivity index (χ0) is 16.9. The molecule has 2 heterocycles. The van der Waals surface area contributed by atoms with Gasteiger partial charge in [-0.3, -0.25) is 0 Å². The molecule has 0 radical (unpaired) electrons. The van der Waals surface area contributed by atoms with Crippen molar-refractivity contribution in [3.63, 3.8) is 0 Å². The molecule has 0 saturated carbocycles.